The summed E-state index contributed by atoms with van der Waals surface area (Å²) in [4.78, 5) is 4.28. The van der Waals surface area contributed by atoms with E-state index in [1.807, 2.05) is 0 Å². The Labute approximate surface area is 116 Å². The van der Waals surface area contributed by atoms with Crippen LogP contribution >= 0.6 is 0 Å². The number of nitrogens with two attached hydrogens (primary N) is 1. The second-order valence-corrected chi connectivity index (χ2v) is 3.93. The largest absolute Gasteiger partial charge is 0.493 e. The van der Waals surface area contributed by atoms with Gasteiger partial charge < -0.3 is 24.5 Å². The molecule has 2 aromatic rings. The fourth-order valence-corrected chi connectivity index (χ4v) is 1.87. The molecule has 20 heavy (non-hydrogen) atoms. The normalized spacial score (nSPS) is 10.4. The molecule has 1 heterocycles. The van der Waals surface area contributed by atoms with E-state index in [0.717, 1.165) is 0 Å². The zero-order valence-corrected chi connectivity index (χ0v) is 11.7. The number of ether oxygens (including phenoxy) is 3. The molecule has 0 amide bonds. The minimum absolute atomic E-state index is 0.422. The second-order valence-electron chi connectivity index (χ2n) is 3.93. The molecule has 0 saturated heterocycles. The molecule has 1 aromatic heterocycles. The monoisotopic (exact) mass is 279 g/mol. The molecule has 0 fully saturated rings. The van der Waals surface area contributed by atoms with Crippen molar-refractivity contribution in [3.8, 4) is 28.6 Å². The van der Waals surface area contributed by atoms with E-state index < -0.39 is 0 Å². The first-order valence-corrected chi connectivity index (χ1v) is 6.07. The van der Waals surface area contributed by atoms with E-state index in [4.69, 9.17) is 24.5 Å². The lowest BCUT2D eigenvalue weighted by Gasteiger charge is -2.13. The predicted molar refractivity (Wildman–Crippen MR) is 72.1 cm³/mol. The molecule has 2 N–H and O–H groups in total. The van der Waals surface area contributed by atoms with Crippen LogP contribution < -0.4 is 19.9 Å². The van der Waals surface area contributed by atoms with E-state index in [1.54, 1.807) is 33.5 Å². The van der Waals surface area contributed by atoms with Gasteiger partial charge in [-0.3, -0.25) is 0 Å². The molecule has 1 aromatic carbocycles. The van der Waals surface area contributed by atoms with Crippen LogP contribution in [0.4, 0.5) is 0 Å². The quantitative estimate of drug-likeness (QED) is 0.850. The van der Waals surface area contributed by atoms with Crippen LogP contribution in [0.5, 0.6) is 17.2 Å². The van der Waals surface area contributed by atoms with Crippen LogP contribution in [0.2, 0.25) is 0 Å². The molecule has 7 nitrogen and oxygen atoms in total. The summed E-state index contributed by atoms with van der Waals surface area (Å²) in [6.07, 6.45) is 0.530. The maximum absolute atomic E-state index is 5.46. The van der Waals surface area contributed by atoms with E-state index in [0.29, 0.717) is 47.5 Å². The van der Waals surface area contributed by atoms with E-state index in [-0.39, 0.29) is 0 Å². The lowest BCUT2D eigenvalue weighted by atomic mass is 10.1. The zero-order valence-electron chi connectivity index (χ0n) is 11.7. The number of hydrogen-bond acceptors (Lipinski definition) is 7. The highest BCUT2D eigenvalue weighted by molar-refractivity contribution is 5.71. The van der Waals surface area contributed by atoms with Gasteiger partial charge >= 0.3 is 0 Å². The van der Waals surface area contributed by atoms with Gasteiger partial charge in [0.25, 0.3) is 0 Å². The molecule has 7 heteroatoms. The van der Waals surface area contributed by atoms with Gasteiger partial charge in [0.2, 0.25) is 17.5 Å². The van der Waals surface area contributed by atoms with Gasteiger partial charge in [-0.1, -0.05) is 5.16 Å². The molecule has 0 aliphatic rings. The summed E-state index contributed by atoms with van der Waals surface area (Å²) in [5.41, 5.74) is 6.12. The summed E-state index contributed by atoms with van der Waals surface area (Å²) < 4.78 is 21.0. The van der Waals surface area contributed by atoms with Crippen molar-refractivity contribution in [3.05, 3.63) is 18.0 Å². The first-order chi connectivity index (χ1) is 9.74. The van der Waals surface area contributed by atoms with Gasteiger partial charge in [0.05, 0.1) is 26.9 Å². The van der Waals surface area contributed by atoms with Crippen LogP contribution in [-0.2, 0) is 6.42 Å². The Morgan fingerprint density at radius 2 is 1.85 bits per heavy atom. The molecule has 0 spiro atoms. The third kappa shape index (κ3) is 2.53. The molecule has 0 aliphatic heterocycles. The summed E-state index contributed by atoms with van der Waals surface area (Å²) in [6, 6.07) is 3.55. The molecule has 0 radical (unpaired) electrons. The predicted octanol–water partition coefficient (Wildman–Crippen LogP) is 1.26. The number of hydrogen-bond donors (Lipinski definition) is 1. The number of rotatable bonds is 6. The van der Waals surface area contributed by atoms with Crippen molar-refractivity contribution in [3.63, 3.8) is 0 Å². The summed E-state index contributed by atoms with van der Waals surface area (Å²) in [5, 5.41) is 3.93. The van der Waals surface area contributed by atoms with Crippen LogP contribution in [0.3, 0.4) is 0 Å². The Balaban J connectivity index is 2.49. The fourth-order valence-electron chi connectivity index (χ4n) is 1.87. The molecule has 0 bridgehead atoms. The highest BCUT2D eigenvalue weighted by atomic mass is 16.5. The average Bonchev–Trinajstić information content (AvgIpc) is 2.94. The number of aromatic nitrogens is 2. The van der Waals surface area contributed by atoms with Crippen molar-refractivity contribution in [2.45, 2.75) is 6.42 Å². The van der Waals surface area contributed by atoms with Crippen molar-refractivity contribution in [2.24, 2.45) is 5.73 Å². The first kappa shape index (κ1) is 14.1. The molecule has 0 saturated carbocycles. The summed E-state index contributed by atoms with van der Waals surface area (Å²) >= 11 is 0. The summed E-state index contributed by atoms with van der Waals surface area (Å²) in [6.45, 7) is 0.449. The second kappa shape index (κ2) is 6.25. The first-order valence-electron chi connectivity index (χ1n) is 6.07. The fraction of sp³-hybridized carbons (Fsp3) is 0.385. The molecule has 0 aliphatic carbocycles. The maximum atomic E-state index is 5.46. The van der Waals surface area contributed by atoms with Crippen molar-refractivity contribution in [1.82, 2.24) is 10.1 Å². The van der Waals surface area contributed by atoms with E-state index in [2.05, 4.69) is 10.1 Å². The van der Waals surface area contributed by atoms with Gasteiger partial charge in [0, 0.05) is 13.0 Å². The zero-order chi connectivity index (χ0) is 14.5. The van der Waals surface area contributed by atoms with Gasteiger partial charge in [-0.05, 0) is 12.1 Å². The van der Waals surface area contributed by atoms with E-state index in [1.165, 1.54) is 0 Å². The Morgan fingerprint density at radius 1 is 1.10 bits per heavy atom. The van der Waals surface area contributed by atoms with Crippen molar-refractivity contribution in [2.75, 3.05) is 27.9 Å². The lowest BCUT2D eigenvalue weighted by molar-refractivity contribution is 0.325. The molecule has 0 atom stereocenters. The third-order valence-corrected chi connectivity index (χ3v) is 2.77. The Kier molecular flexibility index (Phi) is 4.41. The van der Waals surface area contributed by atoms with E-state index in [9.17, 15) is 0 Å². The minimum atomic E-state index is 0.422. The van der Waals surface area contributed by atoms with Crippen molar-refractivity contribution in [1.29, 1.82) is 0 Å². The van der Waals surface area contributed by atoms with Gasteiger partial charge in [-0.15, -0.1) is 0 Å². The lowest BCUT2D eigenvalue weighted by Crippen LogP contribution is -2.02. The molecular formula is C13H17N3O4. The molecule has 2 rings (SSSR count). The Morgan fingerprint density at radius 3 is 2.45 bits per heavy atom. The van der Waals surface area contributed by atoms with Gasteiger partial charge in [-0.25, -0.2) is 0 Å². The Hall–Kier alpha value is -2.28. The summed E-state index contributed by atoms with van der Waals surface area (Å²) in [5.74, 6) is 2.45. The number of benzene rings is 1. The maximum Gasteiger partial charge on any atom is 0.228 e. The number of nitrogens with zero attached hydrogens (tertiary/aromatic N) is 2. The topological polar surface area (TPSA) is 92.6 Å². The molecule has 0 unspecified atom stereocenters. The SMILES string of the molecule is COc1ccc(-c2noc(CCN)n2)c(OC)c1OC. The highest BCUT2D eigenvalue weighted by Gasteiger charge is 2.20. The minimum Gasteiger partial charge on any atom is -0.493 e. The average molecular weight is 279 g/mol. The van der Waals surface area contributed by atoms with E-state index >= 15 is 0 Å². The standard InChI is InChI=1S/C13H17N3O4/c1-17-9-5-4-8(11(18-2)12(9)19-3)13-15-10(6-7-14)20-16-13/h4-5H,6-7,14H2,1-3H3. The Bertz CT molecular complexity index is 583. The van der Waals surface area contributed by atoms with Crippen LogP contribution in [-0.4, -0.2) is 38.0 Å². The van der Waals surface area contributed by atoms with Crippen molar-refractivity contribution >= 4 is 0 Å². The van der Waals surface area contributed by atoms with Crippen LogP contribution in [0.15, 0.2) is 16.7 Å². The van der Waals surface area contributed by atoms with Crippen molar-refractivity contribution < 1.29 is 18.7 Å². The number of methoxy groups -OCH3 is 3. The smallest absolute Gasteiger partial charge is 0.228 e. The third-order valence-electron chi connectivity index (χ3n) is 2.77. The molecule has 108 valence electrons. The van der Waals surface area contributed by atoms with Gasteiger partial charge in [0.15, 0.2) is 11.5 Å². The van der Waals surface area contributed by atoms with Gasteiger partial charge in [-0.2, -0.15) is 4.98 Å². The molecular weight excluding hydrogens is 262 g/mol. The van der Waals surface area contributed by atoms with Gasteiger partial charge in [0.1, 0.15) is 0 Å². The van der Waals surface area contributed by atoms with Crippen LogP contribution in [0.25, 0.3) is 11.4 Å². The highest BCUT2D eigenvalue weighted by Crippen LogP contribution is 2.43. The summed E-state index contributed by atoms with van der Waals surface area (Å²) in [7, 11) is 4.65. The van der Waals surface area contributed by atoms with Crippen LogP contribution in [0.1, 0.15) is 5.89 Å². The van der Waals surface area contributed by atoms with Crippen LogP contribution in [0, 0.1) is 0 Å².